The zero-order valence-corrected chi connectivity index (χ0v) is 10.5. The third-order valence-electron chi connectivity index (χ3n) is 4.85. The van der Waals surface area contributed by atoms with E-state index in [4.69, 9.17) is 0 Å². The number of allylic oxidation sites excluding steroid dienone is 3. The molecule has 0 aromatic carbocycles. The van der Waals surface area contributed by atoms with E-state index in [0.29, 0.717) is 5.41 Å². The monoisotopic (exact) mass is 204 g/mol. The molecule has 0 bridgehead atoms. The van der Waals surface area contributed by atoms with Gasteiger partial charge in [-0.25, -0.2) is 0 Å². The molecule has 0 saturated heterocycles. The number of fused-ring (bicyclic) bond motifs is 1. The summed E-state index contributed by atoms with van der Waals surface area (Å²) in [6.45, 7) is 11.2. The van der Waals surface area contributed by atoms with E-state index >= 15 is 0 Å². The molecule has 0 aromatic heterocycles. The average molecular weight is 204 g/mol. The predicted molar refractivity (Wildman–Crippen MR) is 66.7 cm³/mol. The normalized spacial score (nSPS) is 40.6. The van der Waals surface area contributed by atoms with Crippen LogP contribution in [0.5, 0.6) is 0 Å². The van der Waals surface area contributed by atoms with Gasteiger partial charge in [-0.05, 0) is 63.2 Å². The third-order valence-corrected chi connectivity index (χ3v) is 4.85. The second-order valence-corrected chi connectivity index (χ2v) is 6.01. The zero-order valence-electron chi connectivity index (χ0n) is 10.5. The SMILES string of the molecule is C=C(C)[C@@H]1CC[C@]2(C)CCC=C(C)[C@H]2C1. The Morgan fingerprint density at radius 2 is 2.20 bits per heavy atom. The van der Waals surface area contributed by atoms with E-state index in [1.54, 1.807) is 5.57 Å². The maximum atomic E-state index is 4.14. The molecule has 0 heterocycles. The largest absolute Gasteiger partial charge is 0.0999 e. The van der Waals surface area contributed by atoms with E-state index in [2.05, 4.69) is 33.4 Å². The molecule has 2 aliphatic carbocycles. The van der Waals surface area contributed by atoms with Crippen molar-refractivity contribution in [2.75, 3.05) is 0 Å². The van der Waals surface area contributed by atoms with Gasteiger partial charge < -0.3 is 0 Å². The summed E-state index contributed by atoms with van der Waals surface area (Å²) in [6.07, 6.45) is 9.30. The van der Waals surface area contributed by atoms with Gasteiger partial charge in [0.15, 0.2) is 0 Å². The lowest BCUT2D eigenvalue weighted by Crippen LogP contribution is -2.37. The summed E-state index contributed by atoms with van der Waals surface area (Å²) < 4.78 is 0. The first kappa shape index (κ1) is 11.0. The first-order valence-corrected chi connectivity index (χ1v) is 6.35. The molecule has 0 nitrogen and oxygen atoms in total. The molecule has 0 amide bonds. The Hall–Kier alpha value is -0.520. The highest BCUT2D eigenvalue weighted by Crippen LogP contribution is 2.52. The molecule has 3 atom stereocenters. The van der Waals surface area contributed by atoms with Crippen molar-refractivity contribution in [3.05, 3.63) is 23.8 Å². The molecule has 0 heteroatoms. The summed E-state index contributed by atoms with van der Waals surface area (Å²) in [5, 5.41) is 0. The Morgan fingerprint density at radius 1 is 1.47 bits per heavy atom. The van der Waals surface area contributed by atoms with Crippen molar-refractivity contribution in [3.63, 3.8) is 0 Å². The van der Waals surface area contributed by atoms with Crippen LogP contribution in [-0.2, 0) is 0 Å². The molecule has 0 aliphatic heterocycles. The van der Waals surface area contributed by atoms with Gasteiger partial charge in [0.2, 0.25) is 0 Å². The summed E-state index contributed by atoms with van der Waals surface area (Å²) in [6, 6.07) is 0. The fourth-order valence-electron chi connectivity index (χ4n) is 3.62. The van der Waals surface area contributed by atoms with Gasteiger partial charge in [0, 0.05) is 0 Å². The standard InChI is InChI=1S/C15H24/c1-11(2)13-7-9-15(4)8-5-6-12(3)14(15)10-13/h6,13-14H,1,5,7-10H2,2-4H3/t13-,14-,15+/m1/s1. The van der Waals surface area contributed by atoms with Crippen LogP contribution in [-0.4, -0.2) is 0 Å². The van der Waals surface area contributed by atoms with Crippen molar-refractivity contribution in [3.8, 4) is 0 Å². The second kappa shape index (κ2) is 3.81. The number of rotatable bonds is 1. The molecule has 1 fully saturated rings. The molecule has 0 N–H and O–H groups in total. The summed E-state index contributed by atoms with van der Waals surface area (Å²) >= 11 is 0. The molecule has 0 aromatic rings. The maximum Gasteiger partial charge on any atom is -0.0146 e. The van der Waals surface area contributed by atoms with Crippen molar-refractivity contribution < 1.29 is 0 Å². The predicted octanol–water partition coefficient (Wildman–Crippen LogP) is 4.73. The van der Waals surface area contributed by atoms with E-state index in [9.17, 15) is 0 Å². The smallest absolute Gasteiger partial charge is 0.0146 e. The minimum Gasteiger partial charge on any atom is -0.0999 e. The van der Waals surface area contributed by atoms with Crippen LogP contribution in [0, 0.1) is 17.3 Å². The molecule has 0 radical (unpaired) electrons. The van der Waals surface area contributed by atoms with Crippen molar-refractivity contribution in [1.29, 1.82) is 0 Å². The molecule has 1 saturated carbocycles. The summed E-state index contributed by atoms with van der Waals surface area (Å²) in [5.41, 5.74) is 3.65. The van der Waals surface area contributed by atoms with Crippen LogP contribution in [0.2, 0.25) is 0 Å². The molecule has 84 valence electrons. The summed E-state index contributed by atoms with van der Waals surface area (Å²) in [7, 11) is 0. The number of hydrogen-bond donors (Lipinski definition) is 0. The van der Waals surface area contributed by atoms with Crippen LogP contribution < -0.4 is 0 Å². The zero-order chi connectivity index (χ0) is 11.1. The van der Waals surface area contributed by atoms with Gasteiger partial charge in [-0.15, -0.1) is 0 Å². The van der Waals surface area contributed by atoms with Gasteiger partial charge in [-0.1, -0.05) is 30.7 Å². The summed E-state index contributed by atoms with van der Waals surface area (Å²) in [5.74, 6) is 1.62. The van der Waals surface area contributed by atoms with E-state index in [-0.39, 0.29) is 0 Å². The third kappa shape index (κ3) is 1.91. The Balaban J connectivity index is 2.19. The Morgan fingerprint density at radius 3 is 2.87 bits per heavy atom. The van der Waals surface area contributed by atoms with Gasteiger partial charge in [-0.3, -0.25) is 0 Å². The molecular formula is C15H24. The minimum atomic E-state index is 0.602. The molecule has 0 unspecified atom stereocenters. The van der Waals surface area contributed by atoms with Crippen molar-refractivity contribution in [2.24, 2.45) is 17.3 Å². The minimum absolute atomic E-state index is 0.602. The first-order valence-electron chi connectivity index (χ1n) is 6.35. The highest BCUT2D eigenvalue weighted by Gasteiger charge is 2.41. The topological polar surface area (TPSA) is 0 Å². The number of hydrogen-bond acceptors (Lipinski definition) is 0. The first-order chi connectivity index (χ1) is 7.03. The van der Waals surface area contributed by atoms with E-state index in [0.717, 1.165) is 11.8 Å². The van der Waals surface area contributed by atoms with E-state index in [1.165, 1.54) is 37.7 Å². The van der Waals surface area contributed by atoms with Crippen molar-refractivity contribution >= 4 is 0 Å². The lowest BCUT2D eigenvalue weighted by molar-refractivity contribution is 0.0981. The molecule has 2 rings (SSSR count). The average Bonchev–Trinajstić information content (AvgIpc) is 2.17. The highest BCUT2D eigenvalue weighted by atomic mass is 14.5. The van der Waals surface area contributed by atoms with Crippen molar-refractivity contribution in [1.82, 2.24) is 0 Å². The Labute approximate surface area is 94.5 Å². The van der Waals surface area contributed by atoms with Crippen LogP contribution in [0.4, 0.5) is 0 Å². The molecular weight excluding hydrogens is 180 g/mol. The second-order valence-electron chi connectivity index (χ2n) is 6.01. The molecule has 2 aliphatic rings. The summed E-state index contributed by atoms with van der Waals surface area (Å²) in [4.78, 5) is 0. The van der Waals surface area contributed by atoms with Crippen LogP contribution in [0.15, 0.2) is 23.8 Å². The van der Waals surface area contributed by atoms with Gasteiger partial charge in [0.1, 0.15) is 0 Å². The van der Waals surface area contributed by atoms with Gasteiger partial charge in [0.05, 0.1) is 0 Å². The molecule has 0 spiro atoms. The van der Waals surface area contributed by atoms with Crippen molar-refractivity contribution in [2.45, 2.75) is 52.9 Å². The van der Waals surface area contributed by atoms with Gasteiger partial charge >= 0.3 is 0 Å². The fourth-order valence-corrected chi connectivity index (χ4v) is 3.62. The molecule has 15 heavy (non-hydrogen) atoms. The van der Waals surface area contributed by atoms with Crippen LogP contribution in [0.3, 0.4) is 0 Å². The van der Waals surface area contributed by atoms with Crippen LogP contribution in [0.25, 0.3) is 0 Å². The Kier molecular flexibility index (Phi) is 2.79. The van der Waals surface area contributed by atoms with E-state index < -0.39 is 0 Å². The van der Waals surface area contributed by atoms with E-state index in [1.807, 2.05) is 0 Å². The lowest BCUT2D eigenvalue weighted by atomic mass is 9.57. The van der Waals surface area contributed by atoms with Crippen LogP contribution in [0.1, 0.15) is 52.9 Å². The van der Waals surface area contributed by atoms with Crippen LogP contribution >= 0.6 is 0 Å². The maximum absolute atomic E-state index is 4.14. The van der Waals surface area contributed by atoms with Gasteiger partial charge in [-0.2, -0.15) is 0 Å². The van der Waals surface area contributed by atoms with Gasteiger partial charge in [0.25, 0.3) is 0 Å². The fraction of sp³-hybridized carbons (Fsp3) is 0.733. The Bertz CT molecular complexity index is 297. The quantitative estimate of drug-likeness (QED) is 0.542. The highest BCUT2D eigenvalue weighted by molar-refractivity contribution is 5.16. The lowest BCUT2D eigenvalue weighted by Gasteiger charge is -2.47.